The van der Waals surface area contributed by atoms with Gasteiger partial charge < -0.3 is 9.32 Å². The average Bonchev–Trinajstić information content (AvgIpc) is 3.90. The van der Waals surface area contributed by atoms with E-state index < -0.39 is 5.41 Å². The summed E-state index contributed by atoms with van der Waals surface area (Å²) >= 11 is 0. The zero-order valence-electron chi connectivity index (χ0n) is 36.5. The third kappa shape index (κ3) is 5.45. The van der Waals surface area contributed by atoms with Gasteiger partial charge in [-0.3, -0.25) is 0 Å². The van der Waals surface area contributed by atoms with Gasteiger partial charge in [-0.05, 0) is 114 Å². The largest absolute Gasteiger partial charge is 0.455 e. The highest BCUT2D eigenvalue weighted by Gasteiger charge is 2.50. The molecule has 67 heavy (non-hydrogen) atoms. The summed E-state index contributed by atoms with van der Waals surface area (Å²) in [6.45, 7) is 0. The summed E-state index contributed by atoms with van der Waals surface area (Å²) in [6.07, 6.45) is 0. The monoisotopic (exact) mass is 851 g/mol. The second-order valence-corrected chi connectivity index (χ2v) is 17.9. The fourth-order valence-corrected chi connectivity index (χ4v) is 11.7. The van der Waals surface area contributed by atoms with Crippen molar-refractivity contribution in [1.82, 2.24) is 0 Å². The molecule has 0 radical (unpaired) electrons. The van der Waals surface area contributed by atoms with Crippen LogP contribution in [0, 0.1) is 0 Å². The van der Waals surface area contributed by atoms with Crippen molar-refractivity contribution in [2.45, 2.75) is 5.41 Å². The van der Waals surface area contributed by atoms with Gasteiger partial charge in [-0.25, -0.2) is 0 Å². The van der Waals surface area contributed by atoms with Crippen molar-refractivity contribution in [2.24, 2.45) is 0 Å². The van der Waals surface area contributed by atoms with Gasteiger partial charge in [0, 0.05) is 33.3 Å². The van der Waals surface area contributed by atoms with Gasteiger partial charge in [0.25, 0.3) is 0 Å². The van der Waals surface area contributed by atoms with Gasteiger partial charge in [0.2, 0.25) is 0 Å². The number of hydrogen-bond donors (Lipinski definition) is 0. The molecule has 12 aromatic rings. The van der Waals surface area contributed by atoms with Crippen molar-refractivity contribution in [1.29, 1.82) is 0 Å². The number of furan rings is 1. The first-order valence-electron chi connectivity index (χ1n) is 23.2. The van der Waals surface area contributed by atoms with Crippen LogP contribution < -0.4 is 4.90 Å². The van der Waals surface area contributed by atoms with Gasteiger partial charge in [0.05, 0.1) is 11.1 Å². The molecule has 0 bridgehead atoms. The van der Waals surface area contributed by atoms with Crippen molar-refractivity contribution in [2.75, 3.05) is 4.90 Å². The van der Waals surface area contributed by atoms with Gasteiger partial charge in [-0.1, -0.05) is 212 Å². The molecular weight excluding hydrogens is 811 g/mol. The molecule has 1 heterocycles. The fourth-order valence-electron chi connectivity index (χ4n) is 11.7. The van der Waals surface area contributed by atoms with E-state index in [1.54, 1.807) is 0 Å². The van der Waals surface area contributed by atoms with Gasteiger partial charge in [-0.15, -0.1) is 0 Å². The maximum absolute atomic E-state index is 6.53. The van der Waals surface area contributed by atoms with Crippen LogP contribution in [-0.4, -0.2) is 0 Å². The lowest BCUT2D eigenvalue weighted by atomic mass is 9.65. The summed E-state index contributed by atoms with van der Waals surface area (Å²) in [5.41, 5.74) is 21.7. The Balaban J connectivity index is 1.03. The standard InChI is InChI=1S/C65H41NO/c1-2-17-42(18-3-1)47-20-10-14-31-61(47)66(45-36-33-44(34-37-45)49-27-16-28-54-53-25-11-15-32-62(53)67-64(49)54)46-38-40-59-56(41-46)51-23-7-6-22-50(51)52-24-8-12-29-57(52)65(59)58-30-13-9-26-55(58)63-48-21-5-4-19-43(48)35-39-60(63)65/h1-41H. The second-order valence-electron chi connectivity index (χ2n) is 17.9. The summed E-state index contributed by atoms with van der Waals surface area (Å²) in [7, 11) is 0. The van der Waals surface area contributed by atoms with E-state index in [1.807, 2.05) is 6.07 Å². The summed E-state index contributed by atoms with van der Waals surface area (Å²) in [5, 5.41) is 4.79. The van der Waals surface area contributed by atoms with Crippen molar-refractivity contribution in [3.05, 3.63) is 271 Å². The maximum atomic E-state index is 6.53. The third-order valence-electron chi connectivity index (χ3n) is 14.5. The first-order valence-corrected chi connectivity index (χ1v) is 23.2. The van der Waals surface area contributed by atoms with Crippen molar-refractivity contribution < 1.29 is 4.42 Å². The lowest BCUT2D eigenvalue weighted by Gasteiger charge is -2.36. The van der Waals surface area contributed by atoms with Crippen LogP contribution in [0.1, 0.15) is 22.3 Å². The van der Waals surface area contributed by atoms with Crippen LogP contribution in [0.4, 0.5) is 17.1 Å². The quantitative estimate of drug-likeness (QED) is 0.172. The predicted octanol–water partition coefficient (Wildman–Crippen LogP) is 17.6. The molecule has 2 aliphatic rings. The first kappa shape index (κ1) is 37.6. The van der Waals surface area contributed by atoms with Crippen molar-refractivity contribution in [3.8, 4) is 55.6 Å². The van der Waals surface area contributed by atoms with E-state index in [4.69, 9.17) is 4.42 Å². The summed E-state index contributed by atoms with van der Waals surface area (Å²) < 4.78 is 6.53. The van der Waals surface area contributed by atoms with Crippen LogP contribution in [-0.2, 0) is 5.41 Å². The van der Waals surface area contributed by atoms with Gasteiger partial charge in [0.1, 0.15) is 11.2 Å². The molecular formula is C65H41NO. The highest BCUT2D eigenvalue weighted by atomic mass is 16.3. The van der Waals surface area contributed by atoms with E-state index in [0.29, 0.717) is 0 Å². The molecule has 312 valence electrons. The Morgan fingerprint density at radius 1 is 0.313 bits per heavy atom. The van der Waals surface area contributed by atoms with E-state index in [-0.39, 0.29) is 0 Å². The molecule has 11 aromatic carbocycles. The molecule has 2 heteroatoms. The lowest BCUT2D eigenvalue weighted by molar-refractivity contribution is 0.670. The summed E-state index contributed by atoms with van der Waals surface area (Å²) in [5.74, 6) is 0. The molecule has 0 aliphatic heterocycles. The minimum Gasteiger partial charge on any atom is -0.455 e. The van der Waals surface area contributed by atoms with Crippen LogP contribution in [0.5, 0.6) is 0 Å². The number of para-hydroxylation sites is 3. The van der Waals surface area contributed by atoms with Crippen LogP contribution in [0.2, 0.25) is 0 Å². The van der Waals surface area contributed by atoms with Gasteiger partial charge in [-0.2, -0.15) is 0 Å². The second kappa shape index (κ2) is 14.7. The Hall–Kier alpha value is -8.72. The maximum Gasteiger partial charge on any atom is 0.143 e. The van der Waals surface area contributed by atoms with E-state index >= 15 is 0 Å². The van der Waals surface area contributed by atoms with E-state index in [1.165, 1.54) is 66.4 Å². The molecule has 0 saturated carbocycles. The van der Waals surface area contributed by atoms with Crippen molar-refractivity contribution in [3.63, 3.8) is 0 Å². The normalized spacial score (nSPS) is 14.3. The molecule has 1 unspecified atom stereocenters. The van der Waals surface area contributed by atoms with Crippen LogP contribution in [0.15, 0.2) is 253 Å². The number of rotatable bonds is 5. The molecule has 1 atom stereocenters. The third-order valence-corrected chi connectivity index (χ3v) is 14.5. The van der Waals surface area contributed by atoms with Crippen LogP contribution in [0.3, 0.4) is 0 Å². The minimum atomic E-state index is -0.592. The van der Waals surface area contributed by atoms with Crippen LogP contribution >= 0.6 is 0 Å². The Labute approximate surface area is 389 Å². The zero-order valence-corrected chi connectivity index (χ0v) is 36.5. The summed E-state index contributed by atoms with van der Waals surface area (Å²) in [6, 6.07) is 91.6. The Kier molecular flexibility index (Phi) is 8.23. The number of anilines is 3. The molecule has 2 aliphatic carbocycles. The highest BCUT2D eigenvalue weighted by Crippen LogP contribution is 2.63. The molecule has 0 fully saturated rings. The Morgan fingerprint density at radius 2 is 0.866 bits per heavy atom. The van der Waals surface area contributed by atoms with E-state index in [2.05, 4.69) is 248 Å². The zero-order chi connectivity index (χ0) is 44.1. The molecule has 0 N–H and O–H groups in total. The smallest absolute Gasteiger partial charge is 0.143 e. The number of fused-ring (bicyclic) bond motifs is 17. The van der Waals surface area contributed by atoms with Crippen molar-refractivity contribution >= 4 is 49.8 Å². The number of nitrogens with zero attached hydrogens (tertiary/aromatic N) is 1. The van der Waals surface area contributed by atoms with Gasteiger partial charge in [0.15, 0.2) is 0 Å². The van der Waals surface area contributed by atoms with Crippen LogP contribution in [0.25, 0.3) is 88.3 Å². The number of benzene rings is 11. The van der Waals surface area contributed by atoms with Gasteiger partial charge >= 0.3 is 0 Å². The minimum absolute atomic E-state index is 0.592. The fraction of sp³-hybridized carbons (Fsp3) is 0.0154. The molecule has 2 nitrogen and oxygen atoms in total. The topological polar surface area (TPSA) is 16.4 Å². The number of hydrogen-bond acceptors (Lipinski definition) is 2. The molecule has 14 rings (SSSR count). The molecule has 1 aromatic heterocycles. The SMILES string of the molecule is c1ccc(-c2ccccc2N(c2ccc(-c3cccc4c3oc3ccccc34)cc2)c2ccc3c(c2)-c2ccccc2-c2ccccc2C32c3ccccc3-c3c2ccc2ccccc32)cc1. The Morgan fingerprint density at radius 3 is 1.69 bits per heavy atom. The van der Waals surface area contributed by atoms with E-state index in [9.17, 15) is 0 Å². The first-order chi connectivity index (χ1) is 33.3. The molecule has 0 amide bonds. The summed E-state index contributed by atoms with van der Waals surface area (Å²) in [4.78, 5) is 2.45. The predicted molar refractivity (Wildman–Crippen MR) is 279 cm³/mol. The highest BCUT2D eigenvalue weighted by molar-refractivity contribution is 6.10. The van der Waals surface area contributed by atoms with E-state index in [0.717, 1.165) is 61.3 Å². The average molecular weight is 852 g/mol. The molecule has 1 spiro atoms. The molecule has 0 saturated heterocycles. The Bertz CT molecular complexity index is 3940. The lowest BCUT2D eigenvalue weighted by Crippen LogP contribution is -2.29.